The third-order valence-electron chi connectivity index (χ3n) is 2.67. The number of nitrogens with two attached hydrogens (primary N) is 1. The second-order valence-electron chi connectivity index (χ2n) is 3.97. The van der Waals surface area contributed by atoms with Crippen molar-refractivity contribution in [1.82, 2.24) is 0 Å². The van der Waals surface area contributed by atoms with Gasteiger partial charge in [-0.1, -0.05) is 24.3 Å². The van der Waals surface area contributed by atoms with Gasteiger partial charge in [-0.3, -0.25) is 4.79 Å². The summed E-state index contributed by atoms with van der Waals surface area (Å²) in [5, 5.41) is 2.65. The minimum Gasteiger partial charge on any atom is -0.398 e. The SMILES string of the molecule is Cc1ccccc1NC(=O)c1c(N)cccc1F. The predicted molar refractivity (Wildman–Crippen MR) is 69.9 cm³/mol. The number of rotatable bonds is 2. The number of amides is 1. The molecule has 2 rings (SSSR count). The molecule has 0 aliphatic carbocycles. The number of carbonyl (C=O) groups is 1. The van der Waals surface area contributed by atoms with Crippen LogP contribution < -0.4 is 11.1 Å². The lowest BCUT2D eigenvalue weighted by Crippen LogP contribution is -2.16. The third-order valence-corrected chi connectivity index (χ3v) is 2.67. The van der Waals surface area contributed by atoms with E-state index in [9.17, 15) is 9.18 Å². The van der Waals surface area contributed by atoms with E-state index in [0.717, 1.165) is 5.56 Å². The first-order chi connectivity index (χ1) is 8.59. The maximum atomic E-state index is 13.6. The Labute approximate surface area is 104 Å². The molecule has 92 valence electrons. The number of benzene rings is 2. The van der Waals surface area contributed by atoms with Crippen molar-refractivity contribution in [3.05, 3.63) is 59.4 Å². The van der Waals surface area contributed by atoms with E-state index in [0.29, 0.717) is 5.69 Å². The summed E-state index contributed by atoms with van der Waals surface area (Å²) >= 11 is 0. The van der Waals surface area contributed by atoms with E-state index < -0.39 is 11.7 Å². The van der Waals surface area contributed by atoms with Gasteiger partial charge in [0.25, 0.3) is 5.91 Å². The fraction of sp³-hybridized carbons (Fsp3) is 0.0714. The average Bonchev–Trinajstić information content (AvgIpc) is 2.32. The quantitative estimate of drug-likeness (QED) is 0.798. The molecule has 0 saturated heterocycles. The van der Waals surface area contributed by atoms with Crippen LogP contribution in [-0.2, 0) is 0 Å². The summed E-state index contributed by atoms with van der Waals surface area (Å²) in [4.78, 5) is 12.0. The van der Waals surface area contributed by atoms with Crippen LogP contribution in [0.25, 0.3) is 0 Å². The van der Waals surface area contributed by atoms with Gasteiger partial charge in [0.05, 0.1) is 5.56 Å². The van der Waals surface area contributed by atoms with E-state index in [1.165, 1.54) is 18.2 Å². The number of aryl methyl sites for hydroxylation is 1. The minimum absolute atomic E-state index is 0.124. The fourth-order valence-corrected chi connectivity index (χ4v) is 1.68. The summed E-state index contributed by atoms with van der Waals surface area (Å²) in [5.74, 6) is -1.17. The molecule has 0 saturated carbocycles. The lowest BCUT2D eigenvalue weighted by molar-refractivity contribution is 0.102. The van der Waals surface area contributed by atoms with Crippen molar-refractivity contribution in [2.75, 3.05) is 11.1 Å². The van der Waals surface area contributed by atoms with Crippen LogP contribution in [0.3, 0.4) is 0 Å². The smallest absolute Gasteiger partial charge is 0.260 e. The topological polar surface area (TPSA) is 55.1 Å². The molecule has 2 aromatic carbocycles. The summed E-state index contributed by atoms with van der Waals surface area (Å²) in [5.41, 5.74) is 7.16. The molecule has 0 unspecified atom stereocenters. The van der Waals surface area contributed by atoms with Gasteiger partial charge in [-0.25, -0.2) is 4.39 Å². The van der Waals surface area contributed by atoms with Gasteiger partial charge < -0.3 is 11.1 Å². The molecular weight excluding hydrogens is 231 g/mol. The lowest BCUT2D eigenvalue weighted by Gasteiger charge is -2.10. The standard InChI is InChI=1S/C14H13FN2O/c1-9-5-2-3-8-12(9)17-14(18)13-10(15)6-4-7-11(13)16/h2-8H,16H2,1H3,(H,17,18). The number of carbonyl (C=O) groups excluding carboxylic acids is 1. The molecule has 0 aliphatic heterocycles. The molecule has 0 spiro atoms. The summed E-state index contributed by atoms with van der Waals surface area (Å²) in [6.07, 6.45) is 0. The molecule has 0 aromatic heterocycles. The zero-order valence-electron chi connectivity index (χ0n) is 9.91. The van der Waals surface area contributed by atoms with Crippen LogP contribution in [0.2, 0.25) is 0 Å². The van der Waals surface area contributed by atoms with Crippen LogP contribution in [-0.4, -0.2) is 5.91 Å². The second kappa shape index (κ2) is 4.87. The first-order valence-corrected chi connectivity index (χ1v) is 5.50. The highest BCUT2D eigenvalue weighted by Crippen LogP contribution is 2.19. The third kappa shape index (κ3) is 2.32. The molecule has 3 nitrogen and oxygen atoms in total. The van der Waals surface area contributed by atoms with Gasteiger partial charge in [-0.15, -0.1) is 0 Å². The molecule has 4 heteroatoms. The van der Waals surface area contributed by atoms with Gasteiger partial charge in [0.15, 0.2) is 0 Å². The van der Waals surface area contributed by atoms with Gasteiger partial charge >= 0.3 is 0 Å². The molecule has 1 amide bonds. The lowest BCUT2D eigenvalue weighted by atomic mass is 10.1. The number of hydrogen-bond acceptors (Lipinski definition) is 2. The van der Waals surface area contributed by atoms with Crippen molar-refractivity contribution in [1.29, 1.82) is 0 Å². The molecule has 0 atom stereocenters. The largest absolute Gasteiger partial charge is 0.398 e. The van der Waals surface area contributed by atoms with E-state index in [1.807, 2.05) is 19.1 Å². The second-order valence-corrected chi connectivity index (χ2v) is 3.97. The van der Waals surface area contributed by atoms with Crippen molar-refractivity contribution < 1.29 is 9.18 Å². The Hall–Kier alpha value is -2.36. The van der Waals surface area contributed by atoms with Crippen LogP contribution >= 0.6 is 0 Å². The summed E-state index contributed by atoms with van der Waals surface area (Å²) in [6, 6.07) is 11.5. The Balaban J connectivity index is 2.31. The van der Waals surface area contributed by atoms with E-state index in [1.54, 1.807) is 12.1 Å². The summed E-state index contributed by atoms with van der Waals surface area (Å²) < 4.78 is 13.6. The van der Waals surface area contributed by atoms with Crippen LogP contribution in [0.4, 0.5) is 15.8 Å². The van der Waals surface area contributed by atoms with E-state index in [4.69, 9.17) is 5.73 Å². The number of hydrogen-bond donors (Lipinski definition) is 2. The first-order valence-electron chi connectivity index (χ1n) is 5.50. The zero-order chi connectivity index (χ0) is 13.1. The van der Waals surface area contributed by atoms with Crippen molar-refractivity contribution in [2.24, 2.45) is 0 Å². The number of para-hydroxylation sites is 1. The normalized spacial score (nSPS) is 10.1. The molecule has 0 bridgehead atoms. The Kier molecular flexibility index (Phi) is 3.28. The Morgan fingerprint density at radius 2 is 1.89 bits per heavy atom. The molecular formula is C14H13FN2O. The molecule has 0 heterocycles. The average molecular weight is 244 g/mol. The van der Waals surface area contributed by atoms with Crippen LogP contribution in [0.1, 0.15) is 15.9 Å². The number of nitrogens with one attached hydrogen (secondary N) is 1. The van der Waals surface area contributed by atoms with Crippen LogP contribution in [0.15, 0.2) is 42.5 Å². The molecule has 0 radical (unpaired) electrons. The number of halogens is 1. The van der Waals surface area contributed by atoms with Gasteiger partial charge in [-0.05, 0) is 30.7 Å². The number of nitrogen functional groups attached to an aromatic ring is 1. The summed E-state index contributed by atoms with van der Waals surface area (Å²) in [6.45, 7) is 1.86. The van der Waals surface area contributed by atoms with Gasteiger partial charge in [-0.2, -0.15) is 0 Å². The summed E-state index contributed by atoms with van der Waals surface area (Å²) in [7, 11) is 0. The highest BCUT2D eigenvalue weighted by molar-refractivity contribution is 6.08. The van der Waals surface area contributed by atoms with Crippen molar-refractivity contribution in [2.45, 2.75) is 6.92 Å². The van der Waals surface area contributed by atoms with E-state index in [-0.39, 0.29) is 11.3 Å². The maximum absolute atomic E-state index is 13.6. The molecule has 0 fully saturated rings. The minimum atomic E-state index is -0.624. The van der Waals surface area contributed by atoms with Crippen molar-refractivity contribution in [3.63, 3.8) is 0 Å². The zero-order valence-corrected chi connectivity index (χ0v) is 9.91. The molecule has 3 N–H and O–H groups in total. The van der Waals surface area contributed by atoms with E-state index >= 15 is 0 Å². The molecule has 0 aliphatic rings. The highest BCUT2D eigenvalue weighted by Gasteiger charge is 2.15. The van der Waals surface area contributed by atoms with Gasteiger partial charge in [0.2, 0.25) is 0 Å². The Morgan fingerprint density at radius 3 is 2.56 bits per heavy atom. The van der Waals surface area contributed by atoms with Crippen molar-refractivity contribution >= 4 is 17.3 Å². The Morgan fingerprint density at radius 1 is 1.17 bits per heavy atom. The maximum Gasteiger partial charge on any atom is 0.260 e. The fourth-order valence-electron chi connectivity index (χ4n) is 1.68. The predicted octanol–water partition coefficient (Wildman–Crippen LogP) is 2.97. The van der Waals surface area contributed by atoms with Gasteiger partial charge in [0.1, 0.15) is 5.82 Å². The van der Waals surface area contributed by atoms with Crippen molar-refractivity contribution in [3.8, 4) is 0 Å². The van der Waals surface area contributed by atoms with Crippen LogP contribution in [0.5, 0.6) is 0 Å². The van der Waals surface area contributed by atoms with Crippen LogP contribution in [0, 0.1) is 12.7 Å². The molecule has 2 aromatic rings. The highest BCUT2D eigenvalue weighted by atomic mass is 19.1. The first kappa shape index (κ1) is 12.1. The number of anilines is 2. The van der Waals surface area contributed by atoms with Gasteiger partial charge in [0, 0.05) is 11.4 Å². The Bertz CT molecular complexity index is 576. The molecule has 18 heavy (non-hydrogen) atoms. The monoisotopic (exact) mass is 244 g/mol. The van der Waals surface area contributed by atoms with E-state index in [2.05, 4.69) is 5.32 Å².